The number of piperidine rings is 1. The van der Waals surface area contributed by atoms with Crippen molar-refractivity contribution in [2.24, 2.45) is 0 Å². The Labute approximate surface area is 113 Å². The standard InChI is InChI=1S/C15H22F2N2/c1-2-9-19(13-6-4-8-18-10-13)11-12-5-3-7-14(16)15(12)17/h3,5,7,13,18H,2,4,6,8-11H2,1H3. The van der Waals surface area contributed by atoms with Gasteiger partial charge in [0, 0.05) is 24.7 Å². The van der Waals surface area contributed by atoms with E-state index in [-0.39, 0.29) is 0 Å². The number of halogens is 2. The zero-order valence-electron chi connectivity index (χ0n) is 11.5. The molecule has 0 amide bonds. The Morgan fingerprint density at radius 2 is 2.21 bits per heavy atom. The number of hydrogen-bond acceptors (Lipinski definition) is 2. The van der Waals surface area contributed by atoms with E-state index < -0.39 is 11.6 Å². The molecule has 0 bridgehead atoms. The molecule has 0 radical (unpaired) electrons. The molecule has 1 aromatic rings. The van der Waals surface area contributed by atoms with Crippen LogP contribution in [0.15, 0.2) is 18.2 Å². The Kier molecular flexibility index (Phi) is 5.28. The smallest absolute Gasteiger partial charge is 0.163 e. The average molecular weight is 268 g/mol. The highest BCUT2D eigenvalue weighted by Gasteiger charge is 2.21. The highest BCUT2D eigenvalue weighted by molar-refractivity contribution is 5.19. The quantitative estimate of drug-likeness (QED) is 0.883. The van der Waals surface area contributed by atoms with E-state index in [2.05, 4.69) is 17.1 Å². The molecule has 2 rings (SSSR count). The first-order valence-electron chi connectivity index (χ1n) is 7.10. The van der Waals surface area contributed by atoms with Crippen molar-refractivity contribution in [3.8, 4) is 0 Å². The van der Waals surface area contributed by atoms with Gasteiger partial charge in [-0.25, -0.2) is 8.78 Å². The number of rotatable bonds is 5. The van der Waals surface area contributed by atoms with Crippen LogP contribution in [-0.2, 0) is 6.54 Å². The third kappa shape index (κ3) is 3.74. The summed E-state index contributed by atoms with van der Waals surface area (Å²) in [5.41, 5.74) is 0.457. The zero-order chi connectivity index (χ0) is 13.7. The molecule has 1 heterocycles. The number of nitrogens with zero attached hydrogens (tertiary/aromatic N) is 1. The van der Waals surface area contributed by atoms with Crippen molar-refractivity contribution in [2.45, 2.75) is 38.8 Å². The van der Waals surface area contributed by atoms with Crippen LogP contribution in [0.3, 0.4) is 0 Å². The summed E-state index contributed by atoms with van der Waals surface area (Å²) in [4.78, 5) is 2.27. The third-order valence-electron chi connectivity index (χ3n) is 3.70. The van der Waals surface area contributed by atoms with Crippen molar-refractivity contribution < 1.29 is 8.78 Å². The highest BCUT2D eigenvalue weighted by Crippen LogP contribution is 2.18. The van der Waals surface area contributed by atoms with Gasteiger partial charge in [0.1, 0.15) is 0 Å². The first-order chi connectivity index (χ1) is 9.22. The van der Waals surface area contributed by atoms with Gasteiger partial charge in [-0.3, -0.25) is 4.90 Å². The lowest BCUT2D eigenvalue weighted by molar-refractivity contribution is 0.156. The van der Waals surface area contributed by atoms with Crippen LogP contribution in [0, 0.1) is 11.6 Å². The summed E-state index contributed by atoms with van der Waals surface area (Å²) >= 11 is 0. The van der Waals surface area contributed by atoms with Gasteiger partial charge >= 0.3 is 0 Å². The lowest BCUT2D eigenvalue weighted by Crippen LogP contribution is -2.46. The second kappa shape index (κ2) is 6.96. The Bertz CT molecular complexity index is 403. The predicted molar refractivity (Wildman–Crippen MR) is 73.0 cm³/mol. The molecule has 2 nitrogen and oxygen atoms in total. The van der Waals surface area contributed by atoms with Crippen molar-refractivity contribution >= 4 is 0 Å². The fraction of sp³-hybridized carbons (Fsp3) is 0.600. The van der Waals surface area contributed by atoms with E-state index in [1.165, 1.54) is 6.07 Å². The summed E-state index contributed by atoms with van der Waals surface area (Å²) in [6.07, 6.45) is 3.30. The molecule has 0 aromatic heterocycles. The molecule has 4 heteroatoms. The first-order valence-corrected chi connectivity index (χ1v) is 7.10. The molecule has 1 aliphatic rings. The molecule has 1 N–H and O–H groups in total. The van der Waals surface area contributed by atoms with Crippen LogP contribution in [0.25, 0.3) is 0 Å². The maximum atomic E-state index is 13.8. The van der Waals surface area contributed by atoms with Crippen LogP contribution in [0.1, 0.15) is 31.7 Å². The SMILES string of the molecule is CCCN(Cc1cccc(F)c1F)C1CCCNC1. The second-order valence-electron chi connectivity index (χ2n) is 5.18. The molecule has 1 fully saturated rings. The van der Waals surface area contributed by atoms with Crippen LogP contribution < -0.4 is 5.32 Å². The van der Waals surface area contributed by atoms with E-state index in [1.54, 1.807) is 12.1 Å². The lowest BCUT2D eigenvalue weighted by atomic mass is 10.0. The molecule has 0 aliphatic carbocycles. The van der Waals surface area contributed by atoms with Crippen LogP contribution in [-0.4, -0.2) is 30.6 Å². The van der Waals surface area contributed by atoms with E-state index in [4.69, 9.17) is 0 Å². The second-order valence-corrected chi connectivity index (χ2v) is 5.18. The summed E-state index contributed by atoms with van der Waals surface area (Å²) in [6.45, 7) is 5.53. The van der Waals surface area contributed by atoms with Gasteiger partial charge < -0.3 is 5.32 Å². The Balaban J connectivity index is 2.08. The summed E-state index contributed by atoms with van der Waals surface area (Å²) in [6, 6.07) is 4.86. The summed E-state index contributed by atoms with van der Waals surface area (Å²) < 4.78 is 27.0. The number of nitrogens with one attached hydrogen (secondary N) is 1. The number of hydrogen-bond donors (Lipinski definition) is 1. The van der Waals surface area contributed by atoms with Gasteiger partial charge in [-0.05, 0) is 38.4 Å². The van der Waals surface area contributed by atoms with Crippen molar-refractivity contribution in [3.63, 3.8) is 0 Å². The minimum absolute atomic E-state index is 0.427. The minimum Gasteiger partial charge on any atom is -0.315 e. The van der Waals surface area contributed by atoms with Crippen molar-refractivity contribution in [1.82, 2.24) is 10.2 Å². The fourth-order valence-corrected chi connectivity index (χ4v) is 2.71. The normalized spacial score (nSPS) is 19.9. The van der Waals surface area contributed by atoms with Gasteiger partial charge in [0.05, 0.1) is 0 Å². The molecule has 0 saturated carbocycles. The van der Waals surface area contributed by atoms with Crippen molar-refractivity contribution in [2.75, 3.05) is 19.6 Å². The monoisotopic (exact) mass is 268 g/mol. The Hall–Kier alpha value is -1.00. The molecule has 106 valence electrons. The van der Waals surface area contributed by atoms with E-state index >= 15 is 0 Å². The molecule has 0 spiro atoms. The summed E-state index contributed by atoms with van der Waals surface area (Å²) in [7, 11) is 0. The van der Waals surface area contributed by atoms with Gasteiger partial charge in [0.2, 0.25) is 0 Å². The summed E-state index contributed by atoms with van der Waals surface area (Å²) in [5.74, 6) is -1.46. The zero-order valence-corrected chi connectivity index (χ0v) is 11.5. The van der Waals surface area contributed by atoms with Crippen molar-refractivity contribution in [3.05, 3.63) is 35.4 Å². The van der Waals surface area contributed by atoms with Crippen LogP contribution >= 0.6 is 0 Å². The largest absolute Gasteiger partial charge is 0.315 e. The maximum absolute atomic E-state index is 13.8. The topological polar surface area (TPSA) is 15.3 Å². The molecule has 19 heavy (non-hydrogen) atoms. The van der Waals surface area contributed by atoms with Crippen LogP contribution in [0.4, 0.5) is 8.78 Å². The predicted octanol–water partition coefficient (Wildman–Crippen LogP) is 2.93. The minimum atomic E-state index is -0.754. The van der Waals surface area contributed by atoms with E-state index in [9.17, 15) is 8.78 Å². The fourth-order valence-electron chi connectivity index (χ4n) is 2.71. The van der Waals surface area contributed by atoms with Crippen LogP contribution in [0.2, 0.25) is 0 Å². The Morgan fingerprint density at radius 3 is 2.89 bits per heavy atom. The van der Waals surface area contributed by atoms with Gasteiger partial charge in [-0.1, -0.05) is 19.1 Å². The van der Waals surface area contributed by atoms with Crippen LogP contribution in [0.5, 0.6) is 0 Å². The molecule has 1 atom stereocenters. The molecular weight excluding hydrogens is 246 g/mol. The Morgan fingerprint density at radius 1 is 1.37 bits per heavy atom. The van der Waals surface area contributed by atoms with Gasteiger partial charge in [-0.2, -0.15) is 0 Å². The molecule has 1 aliphatic heterocycles. The maximum Gasteiger partial charge on any atom is 0.163 e. The van der Waals surface area contributed by atoms with E-state index in [0.717, 1.165) is 38.9 Å². The van der Waals surface area contributed by atoms with Gasteiger partial charge in [0.25, 0.3) is 0 Å². The highest BCUT2D eigenvalue weighted by atomic mass is 19.2. The third-order valence-corrected chi connectivity index (χ3v) is 3.70. The lowest BCUT2D eigenvalue weighted by Gasteiger charge is -2.34. The van der Waals surface area contributed by atoms with E-state index in [0.29, 0.717) is 18.2 Å². The van der Waals surface area contributed by atoms with E-state index in [1.807, 2.05) is 0 Å². The molecular formula is C15H22F2N2. The summed E-state index contributed by atoms with van der Waals surface area (Å²) in [5, 5.41) is 3.38. The molecule has 1 aromatic carbocycles. The van der Waals surface area contributed by atoms with Gasteiger partial charge in [0.15, 0.2) is 11.6 Å². The first kappa shape index (κ1) is 14.4. The van der Waals surface area contributed by atoms with Gasteiger partial charge in [-0.15, -0.1) is 0 Å². The molecule has 1 unspecified atom stereocenters. The average Bonchev–Trinajstić information content (AvgIpc) is 2.44. The number of benzene rings is 1. The molecule has 1 saturated heterocycles. The van der Waals surface area contributed by atoms with Crippen molar-refractivity contribution in [1.29, 1.82) is 0 Å².